The third-order valence-corrected chi connectivity index (χ3v) is 3.93. The number of halogens is 1. The third kappa shape index (κ3) is 1.62. The Kier molecular flexibility index (Phi) is 2.43. The number of rotatable bonds is 1. The molecule has 0 unspecified atom stereocenters. The van der Waals surface area contributed by atoms with E-state index in [-0.39, 0.29) is 0 Å². The van der Waals surface area contributed by atoms with Crippen LogP contribution in [0.5, 0.6) is 0 Å². The second kappa shape index (κ2) is 3.93. The molecule has 16 heavy (non-hydrogen) atoms. The molecule has 0 spiro atoms. The zero-order chi connectivity index (χ0) is 11.0. The van der Waals surface area contributed by atoms with Crippen molar-refractivity contribution in [3.05, 3.63) is 58.9 Å². The molecule has 0 aliphatic carbocycles. The van der Waals surface area contributed by atoms with Gasteiger partial charge >= 0.3 is 0 Å². The molecule has 0 radical (unpaired) electrons. The lowest BCUT2D eigenvalue weighted by Gasteiger charge is -2.03. The third-order valence-electron chi connectivity index (χ3n) is 2.62. The molecule has 1 aromatic heterocycles. The van der Waals surface area contributed by atoms with Gasteiger partial charge < -0.3 is 0 Å². The quantitative estimate of drug-likeness (QED) is 0.550. The van der Waals surface area contributed by atoms with E-state index in [1.54, 1.807) is 11.3 Å². The Morgan fingerprint density at radius 2 is 1.75 bits per heavy atom. The topological polar surface area (TPSA) is 0 Å². The second-order valence-corrected chi connectivity index (χ2v) is 5.00. The van der Waals surface area contributed by atoms with E-state index in [9.17, 15) is 0 Å². The maximum absolute atomic E-state index is 5.97. The molecule has 0 fully saturated rings. The van der Waals surface area contributed by atoms with Gasteiger partial charge in [0.2, 0.25) is 0 Å². The van der Waals surface area contributed by atoms with E-state index in [2.05, 4.69) is 42.5 Å². The molecule has 0 N–H and O–H groups in total. The normalized spacial score (nSPS) is 10.8. The summed E-state index contributed by atoms with van der Waals surface area (Å²) in [7, 11) is 0. The SMILES string of the molecule is Clc1csc(-c2cccc3ccccc23)c1. The smallest absolute Gasteiger partial charge is 0.0519 e. The van der Waals surface area contributed by atoms with Gasteiger partial charge in [-0.15, -0.1) is 11.3 Å². The van der Waals surface area contributed by atoms with E-state index >= 15 is 0 Å². The van der Waals surface area contributed by atoms with Gasteiger partial charge in [-0.2, -0.15) is 0 Å². The average molecular weight is 245 g/mol. The highest BCUT2D eigenvalue weighted by atomic mass is 35.5. The lowest BCUT2D eigenvalue weighted by molar-refractivity contribution is 1.74. The van der Waals surface area contributed by atoms with Crippen molar-refractivity contribution < 1.29 is 0 Å². The van der Waals surface area contributed by atoms with Gasteiger partial charge in [-0.25, -0.2) is 0 Å². The first kappa shape index (κ1) is 9.88. The zero-order valence-electron chi connectivity index (χ0n) is 8.48. The van der Waals surface area contributed by atoms with Gasteiger partial charge in [0.15, 0.2) is 0 Å². The highest BCUT2D eigenvalue weighted by Crippen LogP contribution is 2.34. The minimum atomic E-state index is 0.813. The first-order valence-electron chi connectivity index (χ1n) is 5.07. The molecule has 0 bridgehead atoms. The van der Waals surface area contributed by atoms with Crippen LogP contribution in [0.2, 0.25) is 5.02 Å². The fraction of sp³-hybridized carbons (Fsp3) is 0. The van der Waals surface area contributed by atoms with Gasteiger partial charge in [-0.1, -0.05) is 54.1 Å². The minimum Gasteiger partial charge on any atom is -0.142 e. The molecule has 0 saturated carbocycles. The Morgan fingerprint density at radius 3 is 2.56 bits per heavy atom. The predicted molar refractivity (Wildman–Crippen MR) is 72.3 cm³/mol. The van der Waals surface area contributed by atoms with Crippen LogP contribution in [0.15, 0.2) is 53.9 Å². The van der Waals surface area contributed by atoms with Crippen LogP contribution in [-0.2, 0) is 0 Å². The first-order chi connectivity index (χ1) is 7.84. The summed E-state index contributed by atoms with van der Waals surface area (Å²) in [6.07, 6.45) is 0. The largest absolute Gasteiger partial charge is 0.142 e. The maximum atomic E-state index is 5.97. The van der Waals surface area contributed by atoms with Crippen molar-refractivity contribution in [3.8, 4) is 10.4 Å². The van der Waals surface area contributed by atoms with Crippen LogP contribution in [0.25, 0.3) is 21.2 Å². The van der Waals surface area contributed by atoms with Crippen LogP contribution >= 0.6 is 22.9 Å². The van der Waals surface area contributed by atoms with E-state index in [0.29, 0.717) is 0 Å². The molecule has 0 aliphatic heterocycles. The van der Waals surface area contributed by atoms with Gasteiger partial charge in [-0.3, -0.25) is 0 Å². The van der Waals surface area contributed by atoms with Crippen molar-refractivity contribution in [2.45, 2.75) is 0 Å². The summed E-state index contributed by atoms with van der Waals surface area (Å²) >= 11 is 7.66. The summed E-state index contributed by atoms with van der Waals surface area (Å²) in [6.45, 7) is 0. The molecular formula is C14H9ClS. The summed E-state index contributed by atoms with van der Waals surface area (Å²) in [5, 5.41) is 5.33. The molecule has 2 aromatic carbocycles. The number of hydrogen-bond acceptors (Lipinski definition) is 1. The summed E-state index contributed by atoms with van der Waals surface area (Å²) in [6, 6.07) is 16.8. The molecule has 2 heteroatoms. The van der Waals surface area contributed by atoms with Gasteiger partial charge in [0.1, 0.15) is 0 Å². The van der Waals surface area contributed by atoms with Crippen LogP contribution in [0.1, 0.15) is 0 Å². The van der Waals surface area contributed by atoms with Crippen molar-refractivity contribution in [2.24, 2.45) is 0 Å². The Morgan fingerprint density at radius 1 is 0.938 bits per heavy atom. The second-order valence-electron chi connectivity index (χ2n) is 3.66. The standard InChI is InChI=1S/C14H9ClS/c15-11-8-14(16-9-11)13-7-3-5-10-4-1-2-6-12(10)13/h1-9H. The van der Waals surface area contributed by atoms with Crippen molar-refractivity contribution in [1.29, 1.82) is 0 Å². The lowest BCUT2D eigenvalue weighted by Crippen LogP contribution is -1.76. The van der Waals surface area contributed by atoms with Gasteiger partial charge in [0.05, 0.1) is 5.02 Å². The van der Waals surface area contributed by atoms with Gasteiger partial charge in [-0.05, 0) is 22.4 Å². The fourth-order valence-corrected chi connectivity index (χ4v) is 3.01. The number of thiophene rings is 1. The Balaban J connectivity index is 2.31. The highest BCUT2D eigenvalue weighted by molar-refractivity contribution is 7.14. The van der Waals surface area contributed by atoms with Crippen LogP contribution in [-0.4, -0.2) is 0 Å². The highest BCUT2D eigenvalue weighted by Gasteiger charge is 2.05. The molecular weight excluding hydrogens is 236 g/mol. The van der Waals surface area contributed by atoms with Crippen LogP contribution in [0.4, 0.5) is 0 Å². The summed E-state index contributed by atoms with van der Waals surface area (Å²) in [4.78, 5) is 1.22. The van der Waals surface area contributed by atoms with Crippen molar-refractivity contribution >= 4 is 33.7 Å². The van der Waals surface area contributed by atoms with E-state index in [1.165, 1.54) is 21.2 Å². The predicted octanol–water partition coefficient (Wildman–Crippen LogP) is 5.22. The fourth-order valence-electron chi connectivity index (χ4n) is 1.89. The van der Waals surface area contributed by atoms with Gasteiger partial charge in [0.25, 0.3) is 0 Å². The molecule has 0 nitrogen and oxygen atoms in total. The number of fused-ring (bicyclic) bond motifs is 1. The molecule has 1 heterocycles. The Labute approximate surface area is 103 Å². The van der Waals surface area contributed by atoms with Crippen molar-refractivity contribution in [1.82, 2.24) is 0 Å². The van der Waals surface area contributed by atoms with E-state index < -0.39 is 0 Å². The summed E-state index contributed by atoms with van der Waals surface area (Å²) in [5.74, 6) is 0. The molecule has 3 aromatic rings. The molecule has 0 atom stereocenters. The Bertz CT molecular complexity index is 635. The lowest BCUT2D eigenvalue weighted by atomic mass is 10.0. The van der Waals surface area contributed by atoms with Gasteiger partial charge in [0, 0.05) is 10.3 Å². The number of hydrogen-bond donors (Lipinski definition) is 0. The number of benzene rings is 2. The van der Waals surface area contributed by atoms with Crippen molar-refractivity contribution in [3.63, 3.8) is 0 Å². The Hall–Kier alpha value is -1.31. The molecule has 0 aliphatic rings. The molecule has 0 saturated heterocycles. The minimum absolute atomic E-state index is 0.813. The maximum Gasteiger partial charge on any atom is 0.0519 e. The summed E-state index contributed by atoms with van der Waals surface area (Å²) in [5.41, 5.74) is 1.26. The molecule has 0 amide bonds. The monoisotopic (exact) mass is 244 g/mol. The zero-order valence-corrected chi connectivity index (χ0v) is 10.1. The van der Waals surface area contributed by atoms with E-state index in [4.69, 9.17) is 11.6 Å². The average Bonchev–Trinajstić information content (AvgIpc) is 2.75. The first-order valence-corrected chi connectivity index (χ1v) is 6.32. The molecule has 78 valence electrons. The summed E-state index contributed by atoms with van der Waals surface area (Å²) < 4.78 is 0. The van der Waals surface area contributed by atoms with E-state index in [0.717, 1.165) is 5.02 Å². The molecule has 3 rings (SSSR count). The van der Waals surface area contributed by atoms with Crippen LogP contribution < -0.4 is 0 Å². The van der Waals surface area contributed by atoms with Crippen molar-refractivity contribution in [2.75, 3.05) is 0 Å². The van der Waals surface area contributed by atoms with Crippen LogP contribution in [0.3, 0.4) is 0 Å². The van der Waals surface area contributed by atoms with Crippen LogP contribution in [0, 0.1) is 0 Å². The van der Waals surface area contributed by atoms with E-state index in [1.807, 2.05) is 11.4 Å².